The summed E-state index contributed by atoms with van der Waals surface area (Å²) < 4.78 is 11.9. The van der Waals surface area contributed by atoms with Crippen LogP contribution in [0.15, 0.2) is 41.5 Å². The number of methoxy groups -OCH3 is 2. The molecular weight excluding hydrogens is 258 g/mol. The van der Waals surface area contributed by atoms with Crippen molar-refractivity contribution in [3.63, 3.8) is 0 Å². The molecule has 0 fully saturated rings. The Morgan fingerprint density at radius 2 is 1.95 bits per heavy atom. The van der Waals surface area contributed by atoms with E-state index in [0.717, 1.165) is 5.56 Å². The summed E-state index contributed by atoms with van der Waals surface area (Å²) in [6, 6.07) is 7.26. The molecular formula is C14H13N3O3. The highest BCUT2D eigenvalue weighted by molar-refractivity contribution is 5.66. The maximum atomic E-state index is 11.9. The van der Waals surface area contributed by atoms with Crippen LogP contribution in [0.1, 0.15) is 0 Å². The molecule has 0 unspecified atom stereocenters. The topological polar surface area (TPSA) is 68.6 Å². The van der Waals surface area contributed by atoms with Crippen LogP contribution in [0, 0.1) is 0 Å². The van der Waals surface area contributed by atoms with E-state index in [1.165, 1.54) is 4.40 Å². The number of aromatic amines is 1. The zero-order chi connectivity index (χ0) is 14.1. The molecule has 0 saturated carbocycles. The number of hydrogen-bond donors (Lipinski definition) is 1. The Hall–Kier alpha value is -2.76. The fourth-order valence-electron chi connectivity index (χ4n) is 2.09. The maximum Gasteiger partial charge on any atom is 0.331 e. The van der Waals surface area contributed by atoms with E-state index < -0.39 is 0 Å². The second kappa shape index (κ2) is 4.73. The lowest BCUT2D eigenvalue weighted by Crippen LogP contribution is -2.15. The highest BCUT2D eigenvalue weighted by Crippen LogP contribution is 2.31. The monoisotopic (exact) mass is 271 g/mol. The summed E-state index contributed by atoms with van der Waals surface area (Å²) in [5.74, 6) is 1.24. The number of imidazole rings is 1. The average molecular weight is 271 g/mol. The second-order valence-corrected chi connectivity index (χ2v) is 4.21. The van der Waals surface area contributed by atoms with Gasteiger partial charge in [-0.25, -0.2) is 9.78 Å². The number of H-pyrrole nitrogens is 1. The molecule has 6 heteroatoms. The third kappa shape index (κ3) is 1.91. The van der Waals surface area contributed by atoms with Crippen molar-refractivity contribution < 1.29 is 9.47 Å². The van der Waals surface area contributed by atoms with Crippen LogP contribution in [0.25, 0.3) is 16.9 Å². The molecule has 2 heterocycles. The van der Waals surface area contributed by atoms with Crippen molar-refractivity contribution >= 4 is 5.65 Å². The molecule has 0 bridgehead atoms. The van der Waals surface area contributed by atoms with Crippen molar-refractivity contribution in [1.82, 2.24) is 14.4 Å². The number of ether oxygens (including phenoxy) is 2. The number of rotatable bonds is 3. The Morgan fingerprint density at radius 1 is 1.15 bits per heavy atom. The van der Waals surface area contributed by atoms with Crippen molar-refractivity contribution in [3.05, 3.63) is 47.1 Å². The summed E-state index contributed by atoms with van der Waals surface area (Å²) in [6.45, 7) is 0. The molecule has 2 aromatic heterocycles. The second-order valence-electron chi connectivity index (χ2n) is 4.21. The number of nitrogens with one attached hydrogen (secondary N) is 1. The van der Waals surface area contributed by atoms with Crippen LogP contribution in [0.2, 0.25) is 0 Å². The minimum Gasteiger partial charge on any atom is -0.493 e. The molecule has 0 amide bonds. The van der Waals surface area contributed by atoms with Gasteiger partial charge in [-0.05, 0) is 18.2 Å². The molecule has 0 saturated heterocycles. The number of nitrogens with zero attached hydrogens (tertiary/aromatic N) is 2. The lowest BCUT2D eigenvalue weighted by Gasteiger charge is -2.09. The number of hydrogen-bond acceptors (Lipinski definition) is 4. The molecule has 3 aromatic rings. The fraction of sp³-hybridized carbons (Fsp3) is 0.143. The van der Waals surface area contributed by atoms with Gasteiger partial charge in [0.15, 0.2) is 11.5 Å². The van der Waals surface area contributed by atoms with Gasteiger partial charge in [0.25, 0.3) is 0 Å². The van der Waals surface area contributed by atoms with Gasteiger partial charge in [0.1, 0.15) is 5.65 Å². The summed E-state index contributed by atoms with van der Waals surface area (Å²) in [7, 11) is 3.15. The first-order chi connectivity index (χ1) is 9.72. The first kappa shape index (κ1) is 12.3. The Bertz CT molecular complexity index is 820. The number of fused-ring (bicyclic) bond motifs is 1. The minimum absolute atomic E-state index is 0.232. The van der Waals surface area contributed by atoms with Gasteiger partial charge < -0.3 is 14.5 Å². The van der Waals surface area contributed by atoms with Crippen LogP contribution in [0.5, 0.6) is 11.5 Å². The van der Waals surface area contributed by atoms with Crippen LogP contribution in [0.4, 0.5) is 0 Å². The normalized spacial score (nSPS) is 10.7. The molecule has 0 aliphatic heterocycles. The molecule has 1 N–H and O–H groups in total. The SMILES string of the molecule is COc1ccc(-c2cc3nccn3c(=O)[nH]2)cc1OC. The smallest absolute Gasteiger partial charge is 0.331 e. The van der Waals surface area contributed by atoms with E-state index in [0.29, 0.717) is 22.8 Å². The summed E-state index contributed by atoms with van der Waals surface area (Å²) in [6.07, 6.45) is 3.20. The molecule has 0 spiro atoms. The molecule has 3 rings (SSSR count). The zero-order valence-corrected chi connectivity index (χ0v) is 11.1. The Kier molecular flexibility index (Phi) is 2.90. The van der Waals surface area contributed by atoms with E-state index in [-0.39, 0.29) is 5.69 Å². The predicted molar refractivity (Wildman–Crippen MR) is 74.4 cm³/mol. The van der Waals surface area contributed by atoms with Gasteiger partial charge in [-0.3, -0.25) is 4.40 Å². The van der Waals surface area contributed by atoms with E-state index in [4.69, 9.17) is 9.47 Å². The molecule has 102 valence electrons. The molecule has 6 nitrogen and oxygen atoms in total. The lowest BCUT2D eigenvalue weighted by molar-refractivity contribution is 0.355. The van der Waals surface area contributed by atoms with Gasteiger partial charge in [-0.2, -0.15) is 0 Å². The molecule has 0 aliphatic rings. The largest absolute Gasteiger partial charge is 0.493 e. The first-order valence-electron chi connectivity index (χ1n) is 6.01. The van der Waals surface area contributed by atoms with Crippen LogP contribution >= 0.6 is 0 Å². The van der Waals surface area contributed by atoms with Gasteiger partial charge in [0.2, 0.25) is 0 Å². The van der Waals surface area contributed by atoms with Crippen molar-refractivity contribution in [2.45, 2.75) is 0 Å². The van der Waals surface area contributed by atoms with Crippen molar-refractivity contribution in [3.8, 4) is 22.8 Å². The lowest BCUT2D eigenvalue weighted by atomic mass is 10.1. The standard InChI is InChI=1S/C14H13N3O3/c1-19-11-4-3-9(7-12(11)20-2)10-8-13-15-5-6-17(13)14(18)16-10/h3-8H,1-2H3,(H,16,18). The van der Waals surface area contributed by atoms with E-state index in [9.17, 15) is 4.79 Å². The number of benzene rings is 1. The Morgan fingerprint density at radius 3 is 2.70 bits per heavy atom. The highest BCUT2D eigenvalue weighted by Gasteiger charge is 2.08. The van der Waals surface area contributed by atoms with E-state index >= 15 is 0 Å². The van der Waals surface area contributed by atoms with Crippen LogP contribution < -0.4 is 15.2 Å². The van der Waals surface area contributed by atoms with Gasteiger partial charge >= 0.3 is 5.69 Å². The Labute approximate surface area is 114 Å². The fourth-order valence-corrected chi connectivity index (χ4v) is 2.09. The zero-order valence-electron chi connectivity index (χ0n) is 11.1. The van der Waals surface area contributed by atoms with Crippen LogP contribution in [0.3, 0.4) is 0 Å². The summed E-state index contributed by atoms with van der Waals surface area (Å²) >= 11 is 0. The molecule has 1 aromatic carbocycles. The third-order valence-electron chi connectivity index (χ3n) is 3.10. The van der Waals surface area contributed by atoms with Crippen molar-refractivity contribution in [1.29, 1.82) is 0 Å². The van der Waals surface area contributed by atoms with Crippen LogP contribution in [-0.4, -0.2) is 28.6 Å². The molecule has 0 radical (unpaired) electrons. The molecule has 0 aliphatic carbocycles. The van der Waals surface area contributed by atoms with Gasteiger partial charge in [-0.1, -0.05) is 0 Å². The molecule has 20 heavy (non-hydrogen) atoms. The van der Waals surface area contributed by atoms with Crippen molar-refractivity contribution in [2.75, 3.05) is 14.2 Å². The van der Waals surface area contributed by atoms with Crippen LogP contribution in [-0.2, 0) is 0 Å². The summed E-state index contributed by atoms with van der Waals surface area (Å²) in [5.41, 5.74) is 1.86. The average Bonchev–Trinajstić information content (AvgIpc) is 2.95. The van der Waals surface area contributed by atoms with E-state index in [2.05, 4.69) is 9.97 Å². The minimum atomic E-state index is -0.232. The summed E-state index contributed by atoms with van der Waals surface area (Å²) in [4.78, 5) is 18.9. The highest BCUT2D eigenvalue weighted by atomic mass is 16.5. The van der Waals surface area contributed by atoms with Gasteiger partial charge in [-0.15, -0.1) is 0 Å². The third-order valence-corrected chi connectivity index (χ3v) is 3.10. The molecule has 0 atom stereocenters. The van der Waals surface area contributed by atoms with E-state index in [1.54, 1.807) is 32.7 Å². The maximum absolute atomic E-state index is 11.9. The first-order valence-corrected chi connectivity index (χ1v) is 6.01. The number of aromatic nitrogens is 3. The Balaban J connectivity index is 2.17. The van der Waals surface area contributed by atoms with Crippen molar-refractivity contribution in [2.24, 2.45) is 0 Å². The van der Waals surface area contributed by atoms with Gasteiger partial charge in [0.05, 0.1) is 19.9 Å². The quantitative estimate of drug-likeness (QED) is 0.787. The van der Waals surface area contributed by atoms with E-state index in [1.807, 2.05) is 18.2 Å². The predicted octanol–water partition coefficient (Wildman–Crippen LogP) is 1.71. The van der Waals surface area contributed by atoms with Gasteiger partial charge in [0, 0.05) is 24.0 Å². The summed E-state index contributed by atoms with van der Waals surface area (Å²) in [5, 5.41) is 0.